The lowest BCUT2D eigenvalue weighted by Crippen LogP contribution is -2.30. The summed E-state index contributed by atoms with van der Waals surface area (Å²) < 4.78 is 11.9. The van der Waals surface area contributed by atoms with Crippen LogP contribution in [-0.4, -0.2) is 35.8 Å². The second-order valence-electron chi connectivity index (χ2n) is 7.59. The van der Waals surface area contributed by atoms with E-state index in [9.17, 15) is 4.79 Å². The highest BCUT2D eigenvalue weighted by atomic mass is 32.2. The Morgan fingerprint density at radius 2 is 1.76 bits per heavy atom. The minimum atomic E-state index is 0.0305. The summed E-state index contributed by atoms with van der Waals surface area (Å²) in [4.78, 5) is 24.3. The van der Waals surface area contributed by atoms with E-state index in [1.807, 2.05) is 48.2 Å². The molecule has 4 rings (SSSR count). The molecule has 0 saturated heterocycles. The van der Waals surface area contributed by atoms with Crippen LogP contribution in [0.25, 0.3) is 10.2 Å². The Balaban J connectivity index is 1.50. The number of amides is 1. The van der Waals surface area contributed by atoms with Gasteiger partial charge in [0.25, 0.3) is 0 Å². The van der Waals surface area contributed by atoms with Crippen molar-refractivity contribution in [2.75, 3.05) is 24.9 Å². The topological polar surface area (TPSA) is 64.6 Å². The quantitative estimate of drug-likeness (QED) is 0.240. The van der Waals surface area contributed by atoms with Gasteiger partial charge in [0.1, 0.15) is 21.7 Å². The Kier molecular flexibility index (Phi) is 8.38. The van der Waals surface area contributed by atoms with Gasteiger partial charge in [-0.05, 0) is 42.0 Å². The van der Waals surface area contributed by atoms with E-state index in [1.165, 1.54) is 16.9 Å². The highest BCUT2D eigenvalue weighted by molar-refractivity contribution is 7.98. The zero-order valence-corrected chi connectivity index (χ0v) is 20.9. The molecule has 0 radical (unpaired) electrons. The van der Waals surface area contributed by atoms with Crippen molar-refractivity contribution in [1.29, 1.82) is 0 Å². The first-order valence-corrected chi connectivity index (χ1v) is 13.0. The molecule has 0 bridgehead atoms. The fourth-order valence-corrected chi connectivity index (χ4v) is 5.54. The molecular weight excluding hydrogens is 466 g/mol. The van der Waals surface area contributed by atoms with Crippen molar-refractivity contribution in [2.24, 2.45) is 0 Å². The van der Waals surface area contributed by atoms with Crippen LogP contribution < -0.4 is 14.4 Å². The third-order valence-corrected chi connectivity index (χ3v) is 7.48. The van der Waals surface area contributed by atoms with Gasteiger partial charge in [-0.15, -0.1) is 0 Å². The second-order valence-corrected chi connectivity index (χ2v) is 9.67. The van der Waals surface area contributed by atoms with Crippen molar-refractivity contribution >= 4 is 44.4 Å². The normalized spacial score (nSPS) is 10.9. The number of ether oxygens (including phenoxy) is 2. The monoisotopic (exact) mass is 493 g/mol. The fourth-order valence-electron chi connectivity index (χ4n) is 3.53. The molecule has 8 heteroatoms. The first-order chi connectivity index (χ1) is 16.7. The molecule has 0 aliphatic rings. The van der Waals surface area contributed by atoms with E-state index in [-0.39, 0.29) is 5.91 Å². The first-order valence-electron chi connectivity index (χ1n) is 11.0. The number of anilines is 1. The standard InChI is InChI=1S/C26H27N3O3S2/c1-31-21-13-14-22(32-2)25-24(21)28-26(34-25)29(17-20-11-6-7-15-27-20)23(30)12-8-16-33-18-19-9-4-3-5-10-19/h3-7,9-11,13-15H,8,12,16-18H2,1-2H3. The van der Waals surface area contributed by atoms with Crippen LogP contribution >= 0.6 is 23.1 Å². The smallest absolute Gasteiger partial charge is 0.229 e. The number of hydrogen-bond acceptors (Lipinski definition) is 7. The van der Waals surface area contributed by atoms with Crippen LogP contribution in [-0.2, 0) is 17.1 Å². The molecule has 2 aromatic heterocycles. The van der Waals surface area contributed by atoms with Crippen LogP contribution in [0.2, 0.25) is 0 Å². The van der Waals surface area contributed by atoms with E-state index in [4.69, 9.17) is 14.5 Å². The summed E-state index contributed by atoms with van der Waals surface area (Å²) in [7, 11) is 3.24. The van der Waals surface area contributed by atoms with Crippen LogP contribution in [0.5, 0.6) is 11.5 Å². The molecule has 34 heavy (non-hydrogen) atoms. The number of thioether (sulfide) groups is 1. The van der Waals surface area contributed by atoms with Gasteiger partial charge in [-0.3, -0.25) is 14.7 Å². The number of hydrogen-bond donors (Lipinski definition) is 0. The van der Waals surface area contributed by atoms with E-state index in [2.05, 4.69) is 29.2 Å². The predicted octanol–water partition coefficient (Wildman–Crippen LogP) is 5.96. The first kappa shape index (κ1) is 24.0. The molecule has 0 aliphatic heterocycles. The molecule has 0 N–H and O–H groups in total. The van der Waals surface area contributed by atoms with Gasteiger partial charge in [-0.2, -0.15) is 11.8 Å². The highest BCUT2D eigenvalue weighted by Gasteiger charge is 2.23. The average molecular weight is 494 g/mol. The third kappa shape index (κ3) is 5.87. The Hall–Kier alpha value is -3.10. The van der Waals surface area contributed by atoms with Gasteiger partial charge in [0.15, 0.2) is 5.13 Å². The summed E-state index contributed by atoms with van der Waals surface area (Å²) in [5.74, 6) is 3.26. The largest absolute Gasteiger partial charge is 0.495 e. The third-order valence-electron chi connectivity index (χ3n) is 5.27. The van der Waals surface area contributed by atoms with Crippen molar-refractivity contribution in [1.82, 2.24) is 9.97 Å². The molecule has 4 aromatic rings. The average Bonchev–Trinajstić information content (AvgIpc) is 3.33. The molecule has 0 aliphatic carbocycles. The number of carbonyl (C=O) groups excluding carboxylic acids is 1. The molecule has 0 atom stereocenters. The van der Waals surface area contributed by atoms with Crippen LogP contribution in [0.4, 0.5) is 5.13 Å². The van der Waals surface area contributed by atoms with E-state index < -0.39 is 0 Å². The minimum Gasteiger partial charge on any atom is -0.495 e. The molecule has 0 unspecified atom stereocenters. The van der Waals surface area contributed by atoms with Crippen LogP contribution in [0, 0.1) is 0 Å². The molecule has 176 valence electrons. The molecule has 1 amide bonds. The van der Waals surface area contributed by atoms with Crippen LogP contribution in [0.3, 0.4) is 0 Å². The summed E-state index contributed by atoms with van der Waals surface area (Å²) in [5, 5.41) is 0.616. The van der Waals surface area contributed by atoms with E-state index in [0.717, 1.165) is 28.3 Å². The summed E-state index contributed by atoms with van der Waals surface area (Å²) >= 11 is 3.28. The van der Waals surface area contributed by atoms with Gasteiger partial charge in [-0.1, -0.05) is 47.7 Å². The Labute approximate surface area is 207 Å². The molecule has 2 heterocycles. The lowest BCUT2D eigenvalue weighted by atomic mass is 10.2. The number of benzene rings is 2. The molecule has 0 spiro atoms. The zero-order valence-electron chi connectivity index (χ0n) is 19.3. The molecule has 0 saturated carbocycles. The molecule has 2 aromatic carbocycles. The zero-order chi connectivity index (χ0) is 23.8. The SMILES string of the molecule is COc1ccc(OC)c2sc(N(Cc3ccccn3)C(=O)CCCSCc3ccccc3)nc12. The maximum atomic E-state index is 13.4. The van der Waals surface area contributed by atoms with Crippen LogP contribution in [0.15, 0.2) is 66.9 Å². The number of methoxy groups -OCH3 is 2. The summed E-state index contributed by atoms with van der Waals surface area (Å²) in [5.41, 5.74) is 2.81. The number of aromatic nitrogens is 2. The number of thiazole rings is 1. The maximum Gasteiger partial charge on any atom is 0.229 e. The minimum absolute atomic E-state index is 0.0305. The van der Waals surface area contributed by atoms with Gasteiger partial charge in [-0.25, -0.2) is 4.98 Å². The number of pyridine rings is 1. The van der Waals surface area contributed by atoms with E-state index >= 15 is 0 Å². The van der Waals surface area contributed by atoms with Crippen molar-refractivity contribution in [3.05, 3.63) is 78.1 Å². The molecule has 0 fully saturated rings. The fraction of sp³-hybridized carbons (Fsp3) is 0.269. The highest BCUT2D eigenvalue weighted by Crippen LogP contribution is 2.40. The Morgan fingerprint density at radius 3 is 2.50 bits per heavy atom. The lowest BCUT2D eigenvalue weighted by Gasteiger charge is -2.19. The van der Waals surface area contributed by atoms with Crippen LogP contribution in [0.1, 0.15) is 24.1 Å². The van der Waals surface area contributed by atoms with E-state index in [1.54, 1.807) is 25.3 Å². The van der Waals surface area contributed by atoms with Gasteiger partial charge in [0, 0.05) is 18.4 Å². The lowest BCUT2D eigenvalue weighted by molar-refractivity contribution is -0.118. The number of rotatable bonds is 11. The number of fused-ring (bicyclic) bond motifs is 1. The number of carbonyl (C=O) groups is 1. The second kappa shape index (κ2) is 11.9. The van der Waals surface area contributed by atoms with Gasteiger partial charge >= 0.3 is 0 Å². The molecule has 6 nitrogen and oxygen atoms in total. The maximum absolute atomic E-state index is 13.4. The van der Waals surface area contributed by atoms with Crippen molar-refractivity contribution < 1.29 is 14.3 Å². The Bertz CT molecular complexity index is 1180. The number of nitrogens with zero attached hydrogens (tertiary/aromatic N) is 3. The van der Waals surface area contributed by atoms with E-state index in [0.29, 0.717) is 35.1 Å². The van der Waals surface area contributed by atoms with Gasteiger partial charge in [0.2, 0.25) is 5.91 Å². The van der Waals surface area contributed by atoms with Gasteiger partial charge in [0.05, 0.1) is 26.5 Å². The summed E-state index contributed by atoms with van der Waals surface area (Å²) in [6.45, 7) is 0.362. The molecular formula is C26H27N3O3S2. The van der Waals surface area contributed by atoms with Crippen molar-refractivity contribution in [3.8, 4) is 11.5 Å². The van der Waals surface area contributed by atoms with Gasteiger partial charge < -0.3 is 9.47 Å². The van der Waals surface area contributed by atoms with Crippen molar-refractivity contribution in [2.45, 2.75) is 25.1 Å². The van der Waals surface area contributed by atoms with Crippen molar-refractivity contribution in [3.63, 3.8) is 0 Å². The summed E-state index contributed by atoms with van der Waals surface area (Å²) in [6.07, 6.45) is 2.98. The summed E-state index contributed by atoms with van der Waals surface area (Å²) in [6, 6.07) is 19.8. The Morgan fingerprint density at radius 1 is 1.00 bits per heavy atom. The predicted molar refractivity (Wildman–Crippen MR) is 140 cm³/mol.